The zero-order valence-corrected chi connectivity index (χ0v) is 17.2. The van der Waals surface area contributed by atoms with Crippen molar-refractivity contribution < 1.29 is 13.2 Å². The summed E-state index contributed by atoms with van der Waals surface area (Å²) in [5.41, 5.74) is 1.99. The first-order chi connectivity index (χ1) is 12.7. The number of urea groups is 1. The van der Waals surface area contributed by atoms with Gasteiger partial charge in [0.15, 0.2) is 0 Å². The molecule has 0 aliphatic rings. The highest BCUT2D eigenvalue weighted by Crippen LogP contribution is 2.24. The molecule has 8 nitrogen and oxygen atoms in total. The zero-order chi connectivity index (χ0) is 20.2. The van der Waals surface area contributed by atoms with Crippen LogP contribution >= 0.6 is 0 Å². The summed E-state index contributed by atoms with van der Waals surface area (Å²) < 4.78 is 28.7. The van der Waals surface area contributed by atoms with E-state index in [-0.39, 0.29) is 10.9 Å². The topological polar surface area (TPSA) is 87.5 Å². The monoisotopic (exact) mass is 393 g/mol. The molecule has 27 heavy (non-hydrogen) atoms. The van der Waals surface area contributed by atoms with E-state index in [9.17, 15) is 13.2 Å². The van der Waals surface area contributed by atoms with Crippen molar-refractivity contribution in [3.63, 3.8) is 0 Å². The van der Waals surface area contributed by atoms with Crippen LogP contribution in [0.15, 0.2) is 35.5 Å². The van der Waals surface area contributed by atoms with Crippen molar-refractivity contribution in [3.05, 3.63) is 41.7 Å². The van der Waals surface area contributed by atoms with Crippen LogP contribution in [0.2, 0.25) is 0 Å². The molecule has 0 bridgehead atoms. The highest BCUT2D eigenvalue weighted by molar-refractivity contribution is 7.89. The third kappa shape index (κ3) is 4.86. The summed E-state index contributed by atoms with van der Waals surface area (Å²) in [6.07, 6.45) is 3.54. The van der Waals surface area contributed by atoms with Crippen LogP contribution in [0.5, 0.6) is 0 Å². The maximum absolute atomic E-state index is 12.8. The van der Waals surface area contributed by atoms with Gasteiger partial charge in [-0.05, 0) is 24.6 Å². The van der Waals surface area contributed by atoms with Crippen molar-refractivity contribution in [1.29, 1.82) is 0 Å². The quantitative estimate of drug-likeness (QED) is 0.783. The van der Waals surface area contributed by atoms with E-state index in [1.54, 1.807) is 50.8 Å². The molecule has 0 unspecified atom stereocenters. The maximum atomic E-state index is 12.8. The van der Waals surface area contributed by atoms with Gasteiger partial charge in [0.1, 0.15) is 0 Å². The lowest BCUT2D eigenvalue weighted by Crippen LogP contribution is -2.32. The minimum absolute atomic E-state index is 0.207. The molecular formula is C18H27N5O3S. The fourth-order valence-corrected chi connectivity index (χ4v) is 4.49. The van der Waals surface area contributed by atoms with Crippen molar-refractivity contribution in [2.45, 2.75) is 32.2 Å². The predicted octanol–water partition coefficient (Wildman–Crippen LogP) is 2.42. The van der Waals surface area contributed by atoms with Gasteiger partial charge < -0.3 is 10.2 Å². The standard InChI is InChI=1S/C18H27N5O3S/c1-6-23(7-2)27(25,26)17-10-16(9-8-14(17)3)20-18(24)21(4)12-15-11-19-22(5)13-15/h8-11,13H,6-7,12H2,1-5H3,(H,20,24). The number of hydrogen-bond acceptors (Lipinski definition) is 4. The van der Waals surface area contributed by atoms with Crippen LogP contribution < -0.4 is 5.32 Å². The fourth-order valence-electron chi connectivity index (χ4n) is 2.78. The Hall–Kier alpha value is -2.39. The Morgan fingerprint density at radius 3 is 2.48 bits per heavy atom. The van der Waals surface area contributed by atoms with Crippen LogP contribution in [0.1, 0.15) is 25.0 Å². The SMILES string of the molecule is CCN(CC)S(=O)(=O)c1cc(NC(=O)N(C)Cc2cnn(C)c2)ccc1C. The molecule has 1 aromatic carbocycles. The molecule has 1 aromatic heterocycles. The smallest absolute Gasteiger partial charge is 0.321 e. The van der Waals surface area contributed by atoms with Gasteiger partial charge in [0.2, 0.25) is 10.0 Å². The highest BCUT2D eigenvalue weighted by Gasteiger charge is 2.24. The Labute approximate surface area is 160 Å². The number of aryl methyl sites for hydroxylation is 2. The normalized spacial score (nSPS) is 11.6. The summed E-state index contributed by atoms with van der Waals surface area (Å²) in [5.74, 6) is 0. The summed E-state index contributed by atoms with van der Waals surface area (Å²) in [7, 11) is -0.115. The van der Waals surface area contributed by atoms with Crippen molar-refractivity contribution in [2.24, 2.45) is 7.05 Å². The molecule has 2 amide bonds. The predicted molar refractivity (Wildman–Crippen MR) is 105 cm³/mol. The average molecular weight is 394 g/mol. The van der Waals surface area contributed by atoms with Gasteiger partial charge in [-0.15, -0.1) is 0 Å². The van der Waals surface area contributed by atoms with Gasteiger partial charge in [-0.2, -0.15) is 9.40 Å². The van der Waals surface area contributed by atoms with Gasteiger partial charge in [-0.1, -0.05) is 19.9 Å². The number of benzene rings is 1. The Bertz CT molecular complexity index is 903. The molecule has 0 saturated heterocycles. The highest BCUT2D eigenvalue weighted by atomic mass is 32.2. The minimum Gasteiger partial charge on any atom is -0.323 e. The molecule has 2 aromatic rings. The number of amides is 2. The lowest BCUT2D eigenvalue weighted by molar-refractivity contribution is 0.220. The summed E-state index contributed by atoms with van der Waals surface area (Å²) in [4.78, 5) is 14.2. The van der Waals surface area contributed by atoms with Crippen molar-refractivity contribution >= 4 is 21.7 Å². The van der Waals surface area contributed by atoms with Crippen LogP contribution in [-0.2, 0) is 23.6 Å². The number of nitrogens with one attached hydrogen (secondary N) is 1. The van der Waals surface area contributed by atoms with Gasteiger partial charge >= 0.3 is 6.03 Å². The first-order valence-corrected chi connectivity index (χ1v) is 10.2. The molecule has 2 rings (SSSR count). The number of anilines is 1. The van der Waals surface area contributed by atoms with Crippen molar-refractivity contribution in [3.8, 4) is 0 Å². The van der Waals surface area contributed by atoms with Gasteiger partial charge in [-0.25, -0.2) is 13.2 Å². The van der Waals surface area contributed by atoms with E-state index in [1.807, 2.05) is 13.2 Å². The van der Waals surface area contributed by atoms with Crippen LogP contribution in [0.3, 0.4) is 0 Å². The fraction of sp³-hybridized carbons (Fsp3) is 0.444. The number of carbonyl (C=O) groups is 1. The first-order valence-electron chi connectivity index (χ1n) is 8.79. The summed E-state index contributed by atoms with van der Waals surface area (Å²) in [6, 6.07) is 4.59. The van der Waals surface area contributed by atoms with Gasteiger partial charge in [0.25, 0.3) is 0 Å². The van der Waals surface area contributed by atoms with E-state index in [0.717, 1.165) is 5.56 Å². The number of nitrogens with zero attached hydrogens (tertiary/aromatic N) is 4. The van der Waals surface area contributed by atoms with Crippen LogP contribution in [0.25, 0.3) is 0 Å². The van der Waals surface area contributed by atoms with Gasteiger partial charge in [-0.3, -0.25) is 4.68 Å². The number of carbonyl (C=O) groups excluding carboxylic acids is 1. The van der Waals surface area contributed by atoms with E-state index in [4.69, 9.17) is 0 Å². The second-order valence-electron chi connectivity index (χ2n) is 6.38. The summed E-state index contributed by atoms with van der Waals surface area (Å²) >= 11 is 0. The van der Waals surface area contributed by atoms with Gasteiger partial charge in [0.05, 0.1) is 17.6 Å². The molecular weight excluding hydrogens is 366 g/mol. The second-order valence-corrected chi connectivity index (χ2v) is 8.28. The van der Waals surface area contributed by atoms with Gasteiger partial charge in [0, 0.05) is 44.6 Å². The molecule has 0 aliphatic carbocycles. The minimum atomic E-state index is -3.60. The number of rotatable bonds is 7. The lowest BCUT2D eigenvalue weighted by atomic mass is 10.2. The number of hydrogen-bond donors (Lipinski definition) is 1. The molecule has 0 saturated carbocycles. The van der Waals surface area contributed by atoms with E-state index in [0.29, 0.717) is 30.9 Å². The van der Waals surface area contributed by atoms with E-state index in [1.165, 1.54) is 15.3 Å². The van der Waals surface area contributed by atoms with Crippen molar-refractivity contribution in [2.75, 3.05) is 25.5 Å². The molecule has 0 atom stereocenters. The van der Waals surface area contributed by atoms with Crippen LogP contribution in [0, 0.1) is 6.92 Å². The third-order valence-electron chi connectivity index (χ3n) is 4.29. The number of sulfonamides is 1. The molecule has 0 fully saturated rings. The van der Waals surface area contributed by atoms with E-state index < -0.39 is 10.0 Å². The molecule has 148 valence electrons. The second kappa shape index (κ2) is 8.53. The lowest BCUT2D eigenvalue weighted by Gasteiger charge is -2.21. The van der Waals surface area contributed by atoms with Crippen molar-refractivity contribution in [1.82, 2.24) is 19.0 Å². The Balaban J connectivity index is 2.18. The largest absolute Gasteiger partial charge is 0.323 e. The Kier molecular flexibility index (Phi) is 6.61. The van der Waals surface area contributed by atoms with E-state index >= 15 is 0 Å². The zero-order valence-electron chi connectivity index (χ0n) is 16.4. The molecule has 1 heterocycles. The Morgan fingerprint density at radius 1 is 1.26 bits per heavy atom. The van der Waals surface area contributed by atoms with Crippen LogP contribution in [-0.4, -0.2) is 53.6 Å². The molecule has 9 heteroatoms. The summed E-state index contributed by atoms with van der Waals surface area (Å²) in [6.45, 7) is 6.53. The molecule has 0 spiro atoms. The average Bonchev–Trinajstić information content (AvgIpc) is 3.02. The maximum Gasteiger partial charge on any atom is 0.321 e. The molecule has 0 radical (unpaired) electrons. The molecule has 1 N–H and O–H groups in total. The Morgan fingerprint density at radius 2 is 1.93 bits per heavy atom. The van der Waals surface area contributed by atoms with E-state index in [2.05, 4.69) is 10.4 Å². The number of aromatic nitrogens is 2. The molecule has 0 aliphatic heterocycles. The van der Waals surface area contributed by atoms with Crippen LogP contribution in [0.4, 0.5) is 10.5 Å². The first kappa shape index (κ1) is 20.9. The summed E-state index contributed by atoms with van der Waals surface area (Å²) in [5, 5.41) is 6.84. The third-order valence-corrected chi connectivity index (χ3v) is 6.48.